The highest BCUT2D eigenvalue weighted by Gasteiger charge is 2.31. The molecule has 4 heteroatoms. The average molecular weight is 222 g/mol. The van der Waals surface area contributed by atoms with Crippen molar-refractivity contribution in [2.45, 2.75) is 45.1 Å². The predicted molar refractivity (Wildman–Crippen MR) is 63.9 cm³/mol. The summed E-state index contributed by atoms with van der Waals surface area (Å²) < 4.78 is 0. The Hall–Kier alpha value is -0.900. The van der Waals surface area contributed by atoms with E-state index in [4.69, 9.17) is 0 Å². The first-order chi connectivity index (χ1) is 7.86. The van der Waals surface area contributed by atoms with Crippen LogP contribution in [0, 0.1) is 11.8 Å². The molecule has 0 radical (unpaired) electrons. The molecule has 4 nitrogen and oxygen atoms in total. The Morgan fingerprint density at radius 1 is 1.50 bits per heavy atom. The third kappa shape index (κ3) is 2.26. The van der Waals surface area contributed by atoms with Crippen molar-refractivity contribution in [1.82, 2.24) is 20.7 Å². The summed E-state index contributed by atoms with van der Waals surface area (Å²) >= 11 is 0. The molecule has 16 heavy (non-hydrogen) atoms. The van der Waals surface area contributed by atoms with Gasteiger partial charge in [-0.2, -0.15) is 15.4 Å². The zero-order valence-corrected chi connectivity index (χ0v) is 10.2. The number of aromatic nitrogens is 3. The Balaban J connectivity index is 2.13. The summed E-state index contributed by atoms with van der Waals surface area (Å²) in [7, 11) is 2.03. The van der Waals surface area contributed by atoms with Crippen LogP contribution in [0.3, 0.4) is 0 Å². The molecule has 1 aliphatic rings. The standard InChI is InChI=1S/C12H22N4/c1-3-9-6-4-5-7-10(9)12(13-2)11-8-14-16-15-11/h8-10,12-13H,3-7H2,1-2H3,(H,14,15,16). The number of nitrogens with zero attached hydrogens (tertiary/aromatic N) is 2. The molecule has 1 fully saturated rings. The van der Waals surface area contributed by atoms with Crippen molar-refractivity contribution in [2.75, 3.05) is 7.05 Å². The molecule has 0 spiro atoms. The van der Waals surface area contributed by atoms with Gasteiger partial charge in [0.2, 0.25) is 0 Å². The minimum absolute atomic E-state index is 0.365. The maximum Gasteiger partial charge on any atom is 0.0996 e. The van der Waals surface area contributed by atoms with Crippen LogP contribution >= 0.6 is 0 Å². The number of H-pyrrole nitrogens is 1. The molecule has 1 aromatic rings. The van der Waals surface area contributed by atoms with E-state index >= 15 is 0 Å². The summed E-state index contributed by atoms with van der Waals surface area (Å²) in [5.41, 5.74) is 1.06. The SMILES string of the molecule is CCC1CCCCC1C(NC)c1cn[nH]n1. The third-order valence-corrected chi connectivity index (χ3v) is 3.98. The molecule has 0 bridgehead atoms. The molecule has 90 valence electrons. The minimum Gasteiger partial charge on any atom is -0.311 e. The number of rotatable bonds is 4. The van der Waals surface area contributed by atoms with Crippen LogP contribution in [-0.2, 0) is 0 Å². The van der Waals surface area contributed by atoms with E-state index in [0.29, 0.717) is 12.0 Å². The quantitative estimate of drug-likeness (QED) is 0.821. The van der Waals surface area contributed by atoms with Crippen molar-refractivity contribution >= 4 is 0 Å². The molecule has 0 aliphatic heterocycles. The first-order valence-corrected chi connectivity index (χ1v) is 6.39. The van der Waals surface area contributed by atoms with Gasteiger partial charge in [0, 0.05) is 0 Å². The van der Waals surface area contributed by atoms with Crippen LogP contribution in [0.15, 0.2) is 6.20 Å². The Bertz CT molecular complexity index is 296. The van der Waals surface area contributed by atoms with E-state index in [1.807, 2.05) is 13.2 Å². The maximum absolute atomic E-state index is 4.23. The Kier molecular flexibility index (Phi) is 3.93. The summed E-state index contributed by atoms with van der Waals surface area (Å²) in [5.74, 6) is 1.55. The second kappa shape index (κ2) is 5.43. The van der Waals surface area contributed by atoms with Crippen molar-refractivity contribution < 1.29 is 0 Å². The predicted octanol–water partition coefficient (Wildman–Crippen LogP) is 2.28. The lowest BCUT2D eigenvalue weighted by atomic mass is 9.73. The molecule has 1 aromatic heterocycles. The van der Waals surface area contributed by atoms with E-state index in [9.17, 15) is 0 Å². The molecule has 3 atom stereocenters. The molecule has 1 aliphatic carbocycles. The molecule has 2 rings (SSSR count). The molecule has 1 saturated carbocycles. The molecule has 2 N–H and O–H groups in total. The number of hydrogen-bond donors (Lipinski definition) is 2. The summed E-state index contributed by atoms with van der Waals surface area (Å²) in [5, 5.41) is 14.3. The van der Waals surface area contributed by atoms with E-state index in [1.165, 1.54) is 32.1 Å². The van der Waals surface area contributed by atoms with E-state index in [-0.39, 0.29) is 0 Å². The van der Waals surface area contributed by atoms with Crippen LogP contribution < -0.4 is 5.32 Å². The highest BCUT2D eigenvalue weighted by Crippen LogP contribution is 2.39. The van der Waals surface area contributed by atoms with Gasteiger partial charge < -0.3 is 5.32 Å². The molecule has 0 aromatic carbocycles. The summed E-state index contributed by atoms with van der Waals surface area (Å²) in [6.07, 6.45) is 8.57. The lowest BCUT2D eigenvalue weighted by Gasteiger charge is -2.35. The molecule has 3 unspecified atom stereocenters. The van der Waals surface area contributed by atoms with Crippen LogP contribution in [0.1, 0.15) is 50.8 Å². The summed E-state index contributed by atoms with van der Waals surface area (Å²) in [6, 6.07) is 0.365. The fraction of sp³-hybridized carbons (Fsp3) is 0.833. The zero-order chi connectivity index (χ0) is 11.4. The van der Waals surface area contributed by atoms with Gasteiger partial charge in [-0.3, -0.25) is 0 Å². The smallest absolute Gasteiger partial charge is 0.0996 e. The van der Waals surface area contributed by atoms with Gasteiger partial charge in [-0.1, -0.05) is 32.6 Å². The van der Waals surface area contributed by atoms with Crippen LogP contribution in [0.25, 0.3) is 0 Å². The lowest BCUT2D eigenvalue weighted by Crippen LogP contribution is -2.32. The zero-order valence-electron chi connectivity index (χ0n) is 10.2. The van der Waals surface area contributed by atoms with Gasteiger partial charge in [-0.25, -0.2) is 0 Å². The van der Waals surface area contributed by atoms with Crippen molar-refractivity contribution in [3.8, 4) is 0 Å². The van der Waals surface area contributed by atoms with Gasteiger partial charge in [0.25, 0.3) is 0 Å². The second-order valence-electron chi connectivity index (χ2n) is 4.78. The summed E-state index contributed by atoms with van der Waals surface area (Å²) in [6.45, 7) is 2.30. The van der Waals surface area contributed by atoms with Crippen LogP contribution in [0.2, 0.25) is 0 Å². The minimum atomic E-state index is 0.365. The highest BCUT2D eigenvalue weighted by atomic mass is 15.3. The van der Waals surface area contributed by atoms with Crippen LogP contribution in [-0.4, -0.2) is 22.5 Å². The normalized spacial score (nSPS) is 27.9. The number of aromatic amines is 1. The lowest BCUT2D eigenvalue weighted by molar-refractivity contribution is 0.178. The van der Waals surface area contributed by atoms with E-state index < -0.39 is 0 Å². The highest BCUT2D eigenvalue weighted by molar-refractivity contribution is 5.03. The van der Waals surface area contributed by atoms with Crippen molar-refractivity contribution in [2.24, 2.45) is 11.8 Å². The second-order valence-corrected chi connectivity index (χ2v) is 4.78. The third-order valence-electron chi connectivity index (χ3n) is 3.98. The van der Waals surface area contributed by atoms with Gasteiger partial charge in [0.15, 0.2) is 0 Å². The van der Waals surface area contributed by atoms with Gasteiger partial charge in [0.05, 0.1) is 17.9 Å². The van der Waals surface area contributed by atoms with Crippen LogP contribution in [0.5, 0.6) is 0 Å². The monoisotopic (exact) mass is 222 g/mol. The Labute approximate surface area is 97.2 Å². The molecular formula is C12H22N4. The maximum atomic E-state index is 4.23. The first-order valence-electron chi connectivity index (χ1n) is 6.39. The first kappa shape index (κ1) is 11.6. The van der Waals surface area contributed by atoms with Crippen molar-refractivity contribution in [3.05, 3.63) is 11.9 Å². The Morgan fingerprint density at radius 3 is 2.94 bits per heavy atom. The average Bonchev–Trinajstić information content (AvgIpc) is 2.84. The van der Waals surface area contributed by atoms with Gasteiger partial charge in [-0.15, -0.1) is 0 Å². The van der Waals surface area contributed by atoms with E-state index in [0.717, 1.165) is 11.6 Å². The van der Waals surface area contributed by atoms with Gasteiger partial charge in [0.1, 0.15) is 0 Å². The molecule has 0 amide bonds. The summed E-state index contributed by atoms with van der Waals surface area (Å²) in [4.78, 5) is 0. The molecule has 0 saturated heterocycles. The van der Waals surface area contributed by atoms with E-state index in [1.54, 1.807) is 0 Å². The molecular weight excluding hydrogens is 200 g/mol. The van der Waals surface area contributed by atoms with Gasteiger partial charge >= 0.3 is 0 Å². The Morgan fingerprint density at radius 2 is 2.31 bits per heavy atom. The van der Waals surface area contributed by atoms with Crippen molar-refractivity contribution in [3.63, 3.8) is 0 Å². The van der Waals surface area contributed by atoms with Crippen LogP contribution in [0.4, 0.5) is 0 Å². The van der Waals surface area contributed by atoms with Crippen molar-refractivity contribution in [1.29, 1.82) is 0 Å². The number of nitrogens with one attached hydrogen (secondary N) is 2. The number of hydrogen-bond acceptors (Lipinski definition) is 3. The van der Waals surface area contributed by atoms with Gasteiger partial charge in [-0.05, 0) is 25.3 Å². The largest absolute Gasteiger partial charge is 0.311 e. The molecule has 1 heterocycles. The van der Waals surface area contributed by atoms with E-state index in [2.05, 4.69) is 27.7 Å². The fourth-order valence-electron chi connectivity index (χ4n) is 3.12. The fourth-order valence-corrected chi connectivity index (χ4v) is 3.12. The topological polar surface area (TPSA) is 53.6 Å².